The molecule has 2 unspecified atom stereocenters. The fourth-order valence-corrected chi connectivity index (χ4v) is 2.87. The quantitative estimate of drug-likeness (QED) is 0.696. The smallest absolute Gasteiger partial charge is 0.0710 e. The molecule has 0 spiro atoms. The van der Waals surface area contributed by atoms with Crippen LogP contribution in [0.1, 0.15) is 19.3 Å². The third-order valence-electron chi connectivity index (χ3n) is 4.04. The third kappa shape index (κ3) is 1.69. The first-order chi connectivity index (χ1) is 6.83. The molecule has 2 atom stereocenters. The minimum Gasteiger partial charge on any atom is -0.391 e. The summed E-state index contributed by atoms with van der Waals surface area (Å²) < 4.78 is 0. The van der Waals surface area contributed by atoms with Crippen LogP contribution in [0.4, 0.5) is 0 Å². The van der Waals surface area contributed by atoms with Crippen molar-refractivity contribution in [3.8, 4) is 0 Å². The number of fused-ring (bicyclic) bond motifs is 3. The lowest BCUT2D eigenvalue weighted by atomic mass is 9.98. The van der Waals surface area contributed by atoms with Gasteiger partial charge < -0.3 is 5.11 Å². The highest BCUT2D eigenvalue weighted by Gasteiger charge is 2.38. The van der Waals surface area contributed by atoms with Gasteiger partial charge in [-0.1, -0.05) is 12.8 Å². The SMILES string of the molecule is OC(CC1CC1)C1CN2CCN1CC2. The van der Waals surface area contributed by atoms with Crippen LogP contribution in [0.25, 0.3) is 0 Å². The van der Waals surface area contributed by atoms with E-state index >= 15 is 0 Å². The van der Waals surface area contributed by atoms with Crippen LogP contribution in [-0.2, 0) is 0 Å². The normalized spacial score (nSPS) is 43.9. The summed E-state index contributed by atoms with van der Waals surface area (Å²) in [5.41, 5.74) is 0. The highest BCUT2D eigenvalue weighted by molar-refractivity contribution is 4.93. The van der Waals surface area contributed by atoms with Crippen molar-refractivity contribution in [2.24, 2.45) is 5.92 Å². The maximum absolute atomic E-state index is 10.1. The van der Waals surface area contributed by atoms with Crippen LogP contribution in [0.5, 0.6) is 0 Å². The number of hydrogen-bond acceptors (Lipinski definition) is 3. The van der Waals surface area contributed by atoms with Gasteiger partial charge in [0.2, 0.25) is 0 Å². The minimum absolute atomic E-state index is 0.0643. The molecule has 1 saturated carbocycles. The molecule has 4 fully saturated rings. The molecule has 3 saturated heterocycles. The van der Waals surface area contributed by atoms with Crippen LogP contribution in [0, 0.1) is 5.92 Å². The van der Waals surface area contributed by atoms with Crippen molar-refractivity contribution >= 4 is 0 Å². The molecule has 1 aliphatic carbocycles. The van der Waals surface area contributed by atoms with Gasteiger partial charge in [-0.25, -0.2) is 0 Å². The van der Waals surface area contributed by atoms with Crippen LogP contribution in [-0.4, -0.2) is 59.8 Å². The molecule has 4 aliphatic rings. The maximum Gasteiger partial charge on any atom is 0.0710 e. The van der Waals surface area contributed by atoms with Gasteiger partial charge in [0.1, 0.15) is 0 Å². The summed E-state index contributed by atoms with van der Waals surface area (Å²) in [5, 5.41) is 10.1. The summed E-state index contributed by atoms with van der Waals surface area (Å²) in [6, 6.07) is 0.443. The predicted octanol–water partition coefficient (Wildman–Crippen LogP) is 0.147. The molecule has 4 rings (SSSR count). The van der Waals surface area contributed by atoms with Crippen molar-refractivity contribution in [2.75, 3.05) is 32.7 Å². The van der Waals surface area contributed by atoms with E-state index < -0.39 is 0 Å². The van der Waals surface area contributed by atoms with E-state index in [2.05, 4.69) is 9.80 Å². The van der Waals surface area contributed by atoms with Crippen LogP contribution < -0.4 is 0 Å². The first-order valence-electron chi connectivity index (χ1n) is 5.97. The van der Waals surface area contributed by atoms with E-state index in [-0.39, 0.29) is 6.10 Å². The van der Waals surface area contributed by atoms with E-state index in [4.69, 9.17) is 0 Å². The maximum atomic E-state index is 10.1. The Bertz CT molecular complexity index is 209. The first kappa shape index (κ1) is 9.13. The van der Waals surface area contributed by atoms with E-state index in [1.54, 1.807) is 0 Å². The third-order valence-corrected chi connectivity index (χ3v) is 4.04. The average molecular weight is 196 g/mol. The van der Waals surface area contributed by atoms with Crippen LogP contribution in [0.3, 0.4) is 0 Å². The first-order valence-corrected chi connectivity index (χ1v) is 5.97. The molecule has 3 nitrogen and oxygen atoms in total. The molecule has 0 amide bonds. The molecule has 2 bridgehead atoms. The zero-order valence-electron chi connectivity index (χ0n) is 8.73. The lowest BCUT2D eigenvalue weighted by molar-refractivity contribution is -0.0495. The summed E-state index contributed by atoms with van der Waals surface area (Å²) in [6.45, 7) is 5.88. The number of piperazine rings is 3. The van der Waals surface area contributed by atoms with Gasteiger partial charge in [-0.15, -0.1) is 0 Å². The largest absolute Gasteiger partial charge is 0.391 e. The number of aliphatic hydroxyl groups is 1. The fraction of sp³-hybridized carbons (Fsp3) is 1.00. The molecule has 1 N–H and O–H groups in total. The molecule has 14 heavy (non-hydrogen) atoms. The Morgan fingerprint density at radius 3 is 2.36 bits per heavy atom. The van der Waals surface area contributed by atoms with Gasteiger partial charge in [-0.2, -0.15) is 0 Å². The second kappa shape index (κ2) is 3.47. The molecule has 80 valence electrons. The van der Waals surface area contributed by atoms with Gasteiger partial charge in [0, 0.05) is 38.8 Å². The van der Waals surface area contributed by atoms with E-state index in [1.807, 2.05) is 0 Å². The summed E-state index contributed by atoms with van der Waals surface area (Å²) in [6.07, 6.45) is 3.70. The van der Waals surface area contributed by atoms with Gasteiger partial charge in [0.15, 0.2) is 0 Å². The Labute approximate surface area is 85.7 Å². The van der Waals surface area contributed by atoms with Crippen LogP contribution >= 0.6 is 0 Å². The second-order valence-electron chi connectivity index (χ2n) is 5.15. The van der Waals surface area contributed by atoms with Crippen LogP contribution in [0.2, 0.25) is 0 Å². The highest BCUT2D eigenvalue weighted by Crippen LogP contribution is 2.35. The summed E-state index contributed by atoms with van der Waals surface area (Å²) in [7, 11) is 0. The summed E-state index contributed by atoms with van der Waals surface area (Å²) in [5.74, 6) is 0.849. The minimum atomic E-state index is -0.0643. The Kier molecular flexibility index (Phi) is 2.26. The number of nitrogens with zero attached hydrogens (tertiary/aromatic N) is 2. The topological polar surface area (TPSA) is 26.7 Å². The predicted molar refractivity (Wildman–Crippen MR) is 55.1 cm³/mol. The highest BCUT2D eigenvalue weighted by atomic mass is 16.3. The molecule has 0 aromatic heterocycles. The average Bonchev–Trinajstić information content (AvgIpc) is 3.03. The van der Waals surface area contributed by atoms with Crippen LogP contribution in [0.15, 0.2) is 0 Å². The fourth-order valence-electron chi connectivity index (χ4n) is 2.87. The number of hydrogen-bond donors (Lipinski definition) is 1. The Hall–Kier alpha value is -0.120. The van der Waals surface area contributed by atoms with Crippen molar-refractivity contribution in [1.82, 2.24) is 9.80 Å². The zero-order valence-corrected chi connectivity index (χ0v) is 8.73. The molecular formula is C11H20N2O. The second-order valence-corrected chi connectivity index (χ2v) is 5.15. The van der Waals surface area contributed by atoms with Crippen molar-refractivity contribution < 1.29 is 5.11 Å². The zero-order chi connectivity index (χ0) is 9.54. The lowest BCUT2D eigenvalue weighted by Crippen LogP contribution is -2.64. The van der Waals surface area contributed by atoms with Gasteiger partial charge in [-0.05, 0) is 12.3 Å². The van der Waals surface area contributed by atoms with E-state index in [0.717, 1.165) is 18.9 Å². The Balaban J connectivity index is 1.60. The van der Waals surface area contributed by atoms with Crippen molar-refractivity contribution in [3.05, 3.63) is 0 Å². The monoisotopic (exact) mass is 196 g/mol. The molecule has 0 aromatic carbocycles. The van der Waals surface area contributed by atoms with E-state index in [0.29, 0.717) is 6.04 Å². The molecule has 0 aromatic rings. The Morgan fingerprint density at radius 1 is 1.14 bits per heavy atom. The molecule has 0 radical (unpaired) electrons. The van der Waals surface area contributed by atoms with Crippen molar-refractivity contribution in [1.29, 1.82) is 0 Å². The van der Waals surface area contributed by atoms with Gasteiger partial charge in [-0.3, -0.25) is 9.80 Å². The van der Waals surface area contributed by atoms with Crippen molar-refractivity contribution in [3.63, 3.8) is 0 Å². The molecule has 3 heterocycles. The standard InChI is InChI=1S/C11H20N2O/c14-11(7-9-1-2-9)10-8-12-3-5-13(10)6-4-12/h9-11,14H,1-8H2. The lowest BCUT2D eigenvalue weighted by Gasteiger charge is -2.49. The number of rotatable bonds is 3. The van der Waals surface area contributed by atoms with E-state index in [9.17, 15) is 5.11 Å². The van der Waals surface area contributed by atoms with Gasteiger partial charge >= 0.3 is 0 Å². The van der Waals surface area contributed by atoms with Gasteiger partial charge in [0.25, 0.3) is 0 Å². The van der Waals surface area contributed by atoms with E-state index in [1.165, 1.54) is 39.0 Å². The molecular weight excluding hydrogens is 176 g/mol. The molecule has 3 heteroatoms. The summed E-state index contributed by atoms with van der Waals surface area (Å²) >= 11 is 0. The Morgan fingerprint density at radius 2 is 1.86 bits per heavy atom. The van der Waals surface area contributed by atoms with Crippen molar-refractivity contribution in [2.45, 2.75) is 31.4 Å². The van der Waals surface area contributed by atoms with Gasteiger partial charge in [0.05, 0.1) is 6.10 Å². The summed E-state index contributed by atoms with van der Waals surface area (Å²) in [4.78, 5) is 4.99. The molecule has 3 aliphatic heterocycles. The number of aliphatic hydroxyl groups excluding tert-OH is 1.